The third-order valence-corrected chi connectivity index (χ3v) is 3.04. The van der Waals surface area contributed by atoms with E-state index in [1.807, 2.05) is 0 Å². The smallest absolute Gasteiger partial charge is 0.253 e. The van der Waals surface area contributed by atoms with E-state index in [1.165, 1.54) is 14.0 Å². The summed E-state index contributed by atoms with van der Waals surface area (Å²) in [7, 11) is 1.50. The lowest BCUT2D eigenvalue weighted by Crippen LogP contribution is -2.41. The van der Waals surface area contributed by atoms with Gasteiger partial charge in [-0.05, 0) is 19.1 Å². The van der Waals surface area contributed by atoms with Gasteiger partial charge in [-0.25, -0.2) is 8.78 Å². The van der Waals surface area contributed by atoms with Gasteiger partial charge in [0.1, 0.15) is 0 Å². The first-order valence-electron chi connectivity index (χ1n) is 5.91. The van der Waals surface area contributed by atoms with Crippen molar-refractivity contribution < 1.29 is 23.4 Å². The molecule has 0 aliphatic heterocycles. The van der Waals surface area contributed by atoms with Crippen molar-refractivity contribution >= 4 is 17.5 Å². The number of ether oxygens (including phenoxy) is 1. The summed E-state index contributed by atoms with van der Waals surface area (Å²) in [6.07, 6.45) is 0.315. The van der Waals surface area contributed by atoms with Gasteiger partial charge in [0.15, 0.2) is 11.6 Å². The Kier molecular flexibility index (Phi) is 5.86. The number of hydrogen-bond donors (Lipinski definition) is 2. The van der Waals surface area contributed by atoms with E-state index in [2.05, 4.69) is 5.32 Å². The van der Waals surface area contributed by atoms with Crippen molar-refractivity contribution in [1.29, 1.82) is 0 Å². The second kappa shape index (κ2) is 6.97. The van der Waals surface area contributed by atoms with Crippen LogP contribution in [0.15, 0.2) is 12.1 Å². The number of benzene rings is 1. The quantitative estimate of drug-likeness (QED) is 0.792. The highest BCUT2D eigenvalue weighted by Crippen LogP contribution is 2.20. The Hall–Kier alpha value is -1.24. The number of methoxy groups -OCH3 is 1. The molecule has 1 rings (SSSR count). The Morgan fingerprint density at radius 1 is 1.45 bits per heavy atom. The molecule has 1 amide bonds. The van der Waals surface area contributed by atoms with Crippen LogP contribution in [0.25, 0.3) is 0 Å². The first-order valence-corrected chi connectivity index (χ1v) is 6.28. The zero-order chi connectivity index (χ0) is 15.3. The fraction of sp³-hybridized carbons (Fsp3) is 0.462. The predicted molar refractivity (Wildman–Crippen MR) is 70.8 cm³/mol. The van der Waals surface area contributed by atoms with Gasteiger partial charge < -0.3 is 15.2 Å². The molecule has 0 saturated heterocycles. The lowest BCUT2D eigenvalue weighted by Gasteiger charge is -2.23. The van der Waals surface area contributed by atoms with E-state index < -0.39 is 23.1 Å². The molecule has 1 aromatic rings. The molecule has 4 nitrogen and oxygen atoms in total. The van der Waals surface area contributed by atoms with Gasteiger partial charge in [-0.1, -0.05) is 11.6 Å². The van der Waals surface area contributed by atoms with Crippen LogP contribution in [-0.2, 0) is 4.74 Å². The number of carbonyl (C=O) groups is 1. The first kappa shape index (κ1) is 16.8. The summed E-state index contributed by atoms with van der Waals surface area (Å²) < 4.78 is 30.8. The van der Waals surface area contributed by atoms with Crippen molar-refractivity contribution in [2.45, 2.75) is 18.9 Å². The van der Waals surface area contributed by atoms with Crippen LogP contribution in [0.4, 0.5) is 8.78 Å². The summed E-state index contributed by atoms with van der Waals surface area (Å²) in [6.45, 7) is 1.79. The van der Waals surface area contributed by atoms with E-state index in [9.17, 15) is 18.7 Å². The van der Waals surface area contributed by atoms with Gasteiger partial charge in [-0.2, -0.15) is 0 Å². The fourth-order valence-corrected chi connectivity index (χ4v) is 1.71. The first-order chi connectivity index (χ1) is 9.26. The molecule has 0 saturated carbocycles. The molecule has 0 aliphatic carbocycles. The molecule has 0 bridgehead atoms. The average molecular weight is 308 g/mol. The number of halogens is 3. The molecule has 1 atom stereocenters. The minimum atomic E-state index is -1.17. The molecule has 7 heteroatoms. The molecule has 0 fully saturated rings. The minimum absolute atomic E-state index is 0.0650. The van der Waals surface area contributed by atoms with Crippen LogP contribution in [0.3, 0.4) is 0 Å². The van der Waals surface area contributed by atoms with Crippen LogP contribution < -0.4 is 5.32 Å². The van der Waals surface area contributed by atoms with Crippen molar-refractivity contribution in [3.63, 3.8) is 0 Å². The van der Waals surface area contributed by atoms with Gasteiger partial charge >= 0.3 is 0 Å². The van der Waals surface area contributed by atoms with Gasteiger partial charge in [0.05, 0.1) is 16.2 Å². The number of nitrogens with one attached hydrogen (secondary N) is 1. The third kappa shape index (κ3) is 4.70. The van der Waals surface area contributed by atoms with E-state index in [4.69, 9.17) is 16.3 Å². The molecule has 0 radical (unpaired) electrons. The highest BCUT2D eigenvalue weighted by atomic mass is 35.5. The number of rotatable bonds is 6. The van der Waals surface area contributed by atoms with Gasteiger partial charge in [-0.3, -0.25) is 4.79 Å². The van der Waals surface area contributed by atoms with E-state index in [1.54, 1.807) is 0 Å². The van der Waals surface area contributed by atoms with E-state index >= 15 is 0 Å². The zero-order valence-corrected chi connectivity index (χ0v) is 11.9. The maximum absolute atomic E-state index is 13.1. The van der Waals surface area contributed by atoms with Crippen LogP contribution in [0.5, 0.6) is 0 Å². The molecular weight excluding hydrogens is 292 g/mol. The van der Waals surface area contributed by atoms with Crippen LogP contribution in [0.1, 0.15) is 23.7 Å². The van der Waals surface area contributed by atoms with E-state index in [0.717, 1.165) is 12.1 Å². The summed E-state index contributed by atoms with van der Waals surface area (Å²) in [5, 5.41) is 12.2. The van der Waals surface area contributed by atoms with Crippen LogP contribution >= 0.6 is 11.6 Å². The number of amides is 1. The Balaban J connectivity index is 2.70. The van der Waals surface area contributed by atoms with Crippen LogP contribution in [0, 0.1) is 11.6 Å². The molecule has 112 valence electrons. The van der Waals surface area contributed by atoms with Gasteiger partial charge in [0.25, 0.3) is 5.91 Å². The monoisotopic (exact) mass is 307 g/mol. The molecule has 1 unspecified atom stereocenters. The second-order valence-electron chi connectivity index (χ2n) is 4.67. The summed E-state index contributed by atoms with van der Waals surface area (Å²) >= 11 is 5.68. The van der Waals surface area contributed by atoms with Gasteiger partial charge in [0.2, 0.25) is 0 Å². The molecule has 20 heavy (non-hydrogen) atoms. The van der Waals surface area contributed by atoms with Crippen LogP contribution in [-0.4, -0.2) is 36.9 Å². The normalized spacial score (nSPS) is 13.9. The van der Waals surface area contributed by atoms with Crippen molar-refractivity contribution in [1.82, 2.24) is 5.32 Å². The highest BCUT2D eigenvalue weighted by Gasteiger charge is 2.22. The summed E-state index contributed by atoms with van der Waals surface area (Å²) in [4.78, 5) is 11.8. The Morgan fingerprint density at radius 3 is 2.65 bits per heavy atom. The summed E-state index contributed by atoms with van der Waals surface area (Å²) in [5.74, 6) is -2.98. The average Bonchev–Trinajstić information content (AvgIpc) is 2.38. The summed E-state index contributed by atoms with van der Waals surface area (Å²) in [6, 6.07) is 1.45. The maximum atomic E-state index is 13.1. The predicted octanol–water partition coefficient (Wildman–Crippen LogP) is 2.14. The fourth-order valence-electron chi connectivity index (χ4n) is 1.47. The standard InChI is InChI=1S/C13H16ClF2NO3/c1-13(19,3-4-20-2)7-17-12(18)8-5-10(15)11(16)6-9(8)14/h5-6,19H,3-4,7H2,1-2H3,(H,17,18). The van der Waals surface area contributed by atoms with Crippen molar-refractivity contribution in [2.75, 3.05) is 20.3 Å². The SMILES string of the molecule is COCCC(C)(O)CNC(=O)c1cc(F)c(F)cc1Cl. The highest BCUT2D eigenvalue weighted by molar-refractivity contribution is 6.33. The topological polar surface area (TPSA) is 58.6 Å². The Bertz CT molecular complexity index is 495. The molecule has 1 aromatic carbocycles. The molecule has 0 spiro atoms. The van der Waals surface area contributed by atoms with E-state index in [-0.39, 0.29) is 17.1 Å². The Labute approximate surface area is 120 Å². The molecule has 0 aliphatic rings. The second-order valence-corrected chi connectivity index (χ2v) is 5.08. The summed E-state index contributed by atoms with van der Waals surface area (Å²) in [5.41, 5.74) is -1.36. The maximum Gasteiger partial charge on any atom is 0.253 e. The molecule has 0 heterocycles. The van der Waals surface area contributed by atoms with Crippen molar-refractivity contribution in [3.8, 4) is 0 Å². The number of carbonyl (C=O) groups excluding carboxylic acids is 1. The van der Waals surface area contributed by atoms with E-state index in [0.29, 0.717) is 13.0 Å². The third-order valence-electron chi connectivity index (χ3n) is 2.73. The van der Waals surface area contributed by atoms with Crippen molar-refractivity contribution in [2.24, 2.45) is 0 Å². The molecular formula is C13H16ClF2NO3. The van der Waals surface area contributed by atoms with Gasteiger partial charge in [-0.15, -0.1) is 0 Å². The minimum Gasteiger partial charge on any atom is -0.388 e. The van der Waals surface area contributed by atoms with Crippen molar-refractivity contribution in [3.05, 3.63) is 34.4 Å². The van der Waals surface area contributed by atoms with Crippen LogP contribution in [0.2, 0.25) is 5.02 Å². The lowest BCUT2D eigenvalue weighted by atomic mass is 10.0. The Morgan fingerprint density at radius 2 is 2.05 bits per heavy atom. The number of hydrogen-bond acceptors (Lipinski definition) is 3. The lowest BCUT2D eigenvalue weighted by molar-refractivity contribution is 0.0243. The number of aliphatic hydroxyl groups is 1. The zero-order valence-electron chi connectivity index (χ0n) is 11.2. The van der Waals surface area contributed by atoms with Gasteiger partial charge in [0, 0.05) is 26.7 Å². The molecule has 2 N–H and O–H groups in total. The largest absolute Gasteiger partial charge is 0.388 e. The molecule has 0 aromatic heterocycles.